The first kappa shape index (κ1) is 6.94. The molecule has 4 aliphatic carbocycles. The molecule has 0 unspecified atom stereocenters. The van der Waals surface area contributed by atoms with Gasteiger partial charge in [-0.2, -0.15) is 0 Å². The fraction of sp³-hybridized carbons (Fsp3) is 0.667. The molecule has 12 heavy (non-hydrogen) atoms. The van der Waals surface area contributed by atoms with Crippen molar-refractivity contribution in [3.05, 3.63) is 23.3 Å². The number of fused-ring (bicyclic) bond motifs is 1. The molecule has 0 aromatic rings. The van der Waals surface area contributed by atoms with Gasteiger partial charge in [-0.05, 0) is 50.4 Å². The van der Waals surface area contributed by atoms with Crippen molar-refractivity contribution >= 4 is 0 Å². The molecule has 2 bridgehead atoms. The zero-order valence-electron chi connectivity index (χ0n) is 7.88. The minimum Gasteiger partial charge on any atom is -0.0845 e. The van der Waals surface area contributed by atoms with E-state index in [0.29, 0.717) is 0 Å². The smallest absolute Gasteiger partial charge is 0.00691 e. The third kappa shape index (κ3) is 0.608. The van der Waals surface area contributed by atoms with Gasteiger partial charge in [-0.15, -0.1) is 0 Å². The molecule has 0 aromatic heterocycles. The highest BCUT2D eigenvalue weighted by molar-refractivity contribution is 5.37. The molecule has 0 radical (unpaired) electrons. The Morgan fingerprint density at radius 3 is 1.67 bits per heavy atom. The lowest BCUT2D eigenvalue weighted by molar-refractivity contribution is 0.143. The SMILES string of the molecule is CC1=C(C)[C@H]2[C@H]1[C@H]1C=C[C@H]2CC1. The second kappa shape index (κ2) is 2.04. The van der Waals surface area contributed by atoms with Crippen LogP contribution >= 0.6 is 0 Å². The van der Waals surface area contributed by atoms with Gasteiger partial charge in [0.05, 0.1) is 0 Å². The summed E-state index contributed by atoms with van der Waals surface area (Å²) in [4.78, 5) is 0. The molecule has 0 amide bonds. The molecule has 1 saturated carbocycles. The zero-order valence-corrected chi connectivity index (χ0v) is 7.88. The van der Waals surface area contributed by atoms with Crippen LogP contribution in [0.2, 0.25) is 0 Å². The number of hydrogen-bond acceptors (Lipinski definition) is 0. The van der Waals surface area contributed by atoms with Gasteiger partial charge in [0.1, 0.15) is 0 Å². The Bertz CT molecular complexity index is 254. The molecular formula is C12H16. The van der Waals surface area contributed by atoms with Gasteiger partial charge < -0.3 is 0 Å². The third-order valence-electron chi connectivity index (χ3n) is 4.37. The standard InChI is InChI=1S/C12H16/c1-7-8(2)12-10-5-3-9(4-6-10)11(7)12/h3,5,9-12H,4,6H2,1-2H3/t9-,10-,11+,12+/m0/s1. The Morgan fingerprint density at radius 1 is 0.917 bits per heavy atom. The molecular weight excluding hydrogens is 144 g/mol. The summed E-state index contributed by atoms with van der Waals surface area (Å²) in [6.45, 7) is 4.68. The Labute approximate surface area is 74.4 Å². The minimum atomic E-state index is 0.906. The lowest BCUT2D eigenvalue weighted by atomic mass is 9.51. The summed E-state index contributed by atoms with van der Waals surface area (Å²) < 4.78 is 0. The highest BCUT2D eigenvalue weighted by atomic mass is 14.5. The summed E-state index contributed by atoms with van der Waals surface area (Å²) in [6.07, 6.45) is 7.86. The van der Waals surface area contributed by atoms with Crippen molar-refractivity contribution in [3.8, 4) is 0 Å². The minimum absolute atomic E-state index is 0.906. The Kier molecular flexibility index (Phi) is 1.18. The molecule has 0 spiro atoms. The van der Waals surface area contributed by atoms with Crippen LogP contribution in [0.4, 0.5) is 0 Å². The van der Waals surface area contributed by atoms with Gasteiger partial charge in [0.25, 0.3) is 0 Å². The summed E-state index contributed by atoms with van der Waals surface area (Å²) in [6, 6.07) is 0. The van der Waals surface area contributed by atoms with Crippen molar-refractivity contribution in [2.24, 2.45) is 23.7 Å². The maximum atomic E-state index is 2.48. The zero-order chi connectivity index (χ0) is 8.29. The van der Waals surface area contributed by atoms with Crippen molar-refractivity contribution in [3.63, 3.8) is 0 Å². The van der Waals surface area contributed by atoms with Crippen LogP contribution < -0.4 is 0 Å². The largest absolute Gasteiger partial charge is 0.0845 e. The fourth-order valence-electron chi connectivity index (χ4n) is 3.60. The normalized spacial score (nSPS) is 49.2. The predicted molar refractivity (Wildman–Crippen MR) is 50.7 cm³/mol. The summed E-state index contributed by atoms with van der Waals surface area (Å²) >= 11 is 0. The Balaban J connectivity index is 2.05. The van der Waals surface area contributed by atoms with E-state index >= 15 is 0 Å². The number of rotatable bonds is 0. The summed E-state index contributed by atoms with van der Waals surface area (Å²) in [7, 11) is 0. The maximum absolute atomic E-state index is 2.48. The molecule has 64 valence electrons. The van der Waals surface area contributed by atoms with E-state index < -0.39 is 0 Å². The first-order valence-electron chi connectivity index (χ1n) is 5.14. The monoisotopic (exact) mass is 160 g/mol. The van der Waals surface area contributed by atoms with Crippen molar-refractivity contribution in [1.82, 2.24) is 0 Å². The van der Waals surface area contributed by atoms with Crippen molar-refractivity contribution in [1.29, 1.82) is 0 Å². The van der Waals surface area contributed by atoms with E-state index in [1.54, 1.807) is 11.1 Å². The Hall–Kier alpha value is -0.520. The van der Waals surface area contributed by atoms with Crippen molar-refractivity contribution in [2.75, 3.05) is 0 Å². The first-order valence-corrected chi connectivity index (χ1v) is 5.14. The molecule has 0 nitrogen and oxygen atoms in total. The van der Waals surface area contributed by atoms with Crippen LogP contribution in [0.1, 0.15) is 26.7 Å². The fourth-order valence-corrected chi connectivity index (χ4v) is 3.60. The highest BCUT2D eigenvalue weighted by Gasteiger charge is 2.48. The summed E-state index contributed by atoms with van der Waals surface area (Å²) in [5.74, 6) is 3.72. The van der Waals surface area contributed by atoms with E-state index in [0.717, 1.165) is 23.7 Å². The van der Waals surface area contributed by atoms with Gasteiger partial charge in [-0.1, -0.05) is 23.3 Å². The average Bonchev–Trinajstić information content (AvgIpc) is 2.17. The average molecular weight is 160 g/mol. The molecule has 0 aromatic carbocycles. The molecule has 0 aliphatic heterocycles. The lowest BCUT2D eigenvalue weighted by Gasteiger charge is -2.53. The van der Waals surface area contributed by atoms with Gasteiger partial charge in [-0.3, -0.25) is 0 Å². The molecule has 0 heteroatoms. The highest BCUT2D eigenvalue weighted by Crippen LogP contribution is 2.57. The van der Waals surface area contributed by atoms with Crippen LogP contribution in [-0.4, -0.2) is 0 Å². The van der Waals surface area contributed by atoms with E-state index in [1.807, 2.05) is 0 Å². The molecule has 4 atom stereocenters. The second-order valence-corrected chi connectivity index (χ2v) is 4.71. The number of hydrogen-bond donors (Lipinski definition) is 0. The van der Waals surface area contributed by atoms with Crippen LogP contribution in [0, 0.1) is 23.7 Å². The lowest BCUT2D eigenvalue weighted by Crippen LogP contribution is -2.44. The van der Waals surface area contributed by atoms with E-state index in [9.17, 15) is 0 Å². The molecule has 0 heterocycles. The molecule has 4 aliphatic rings. The van der Waals surface area contributed by atoms with Crippen molar-refractivity contribution in [2.45, 2.75) is 26.7 Å². The van der Waals surface area contributed by atoms with Crippen LogP contribution in [-0.2, 0) is 0 Å². The molecule has 4 rings (SSSR count). The van der Waals surface area contributed by atoms with E-state index in [4.69, 9.17) is 0 Å². The quantitative estimate of drug-likeness (QED) is 0.477. The van der Waals surface area contributed by atoms with Crippen LogP contribution in [0.15, 0.2) is 23.3 Å². The van der Waals surface area contributed by atoms with Crippen molar-refractivity contribution < 1.29 is 0 Å². The van der Waals surface area contributed by atoms with Crippen LogP contribution in [0.3, 0.4) is 0 Å². The summed E-state index contributed by atoms with van der Waals surface area (Å²) in [5, 5.41) is 0. The second-order valence-electron chi connectivity index (χ2n) is 4.71. The van der Waals surface area contributed by atoms with Gasteiger partial charge in [0, 0.05) is 0 Å². The van der Waals surface area contributed by atoms with E-state index in [1.165, 1.54) is 12.8 Å². The van der Waals surface area contributed by atoms with Gasteiger partial charge in [-0.25, -0.2) is 0 Å². The van der Waals surface area contributed by atoms with Crippen LogP contribution in [0.25, 0.3) is 0 Å². The third-order valence-corrected chi connectivity index (χ3v) is 4.37. The van der Waals surface area contributed by atoms with Gasteiger partial charge in [0.15, 0.2) is 0 Å². The van der Waals surface area contributed by atoms with E-state index in [2.05, 4.69) is 26.0 Å². The predicted octanol–water partition coefficient (Wildman–Crippen LogP) is 3.16. The molecule has 1 fully saturated rings. The van der Waals surface area contributed by atoms with E-state index in [-0.39, 0.29) is 0 Å². The van der Waals surface area contributed by atoms with Gasteiger partial charge in [0.2, 0.25) is 0 Å². The van der Waals surface area contributed by atoms with Crippen LogP contribution in [0.5, 0.6) is 0 Å². The molecule has 0 saturated heterocycles. The molecule has 0 N–H and O–H groups in total. The Morgan fingerprint density at radius 2 is 1.33 bits per heavy atom. The number of allylic oxidation sites excluding steroid dienone is 4. The maximum Gasteiger partial charge on any atom is -0.00691 e. The first-order chi connectivity index (χ1) is 5.79. The van der Waals surface area contributed by atoms with Gasteiger partial charge >= 0.3 is 0 Å². The summed E-state index contributed by atoms with van der Waals surface area (Å²) in [5.41, 5.74) is 3.41. The topological polar surface area (TPSA) is 0 Å².